The molecule has 0 saturated heterocycles. The number of para-hydroxylation sites is 1. The number of rotatable bonds is 6. The summed E-state index contributed by atoms with van der Waals surface area (Å²) in [6.45, 7) is 0. The first kappa shape index (κ1) is 21.1. The molecular weight excluding hydrogens is 415 g/mol. The van der Waals surface area contributed by atoms with Gasteiger partial charge in [0.25, 0.3) is 5.91 Å². The fourth-order valence-corrected chi connectivity index (χ4v) is 4.40. The molecule has 0 spiro atoms. The number of anilines is 1. The average molecular weight is 439 g/mol. The molecule has 0 radical (unpaired) electrons. The Balaban J connectivity index is 1.78. The van der Waals surface area contributed by atoms with Crippen molar-refractivity contribution in [3.8, 4) is 0 Å². The third-order valence-electron chi connectivity index (χ3n) is 5.48. The molecule has 8 heteroatoms. The average Bonchev–Trinajstić information content (AvgIpc) is 3.34. The van der Waals surface area contributed by atoms with Crippen LogP contribution >= 0.6 is 11.5 Å². The van der Waals surface area contributed by atoms with Crippen molar-refractivity contribution in [2.75, 3.05) is 4.90 Å². The lowest BCUT2D eigenvalue weighted by Gasteiger charge is -2.33. The first-order chi connectivity index (χ1) is 15.1. The SMILES string of the molecule is O=C(NC1CCCCC1)[C@@H](c1ccccc1)N(C(=O)c1csnn1)c1ccccc1F. The maximum absolute atomic E-state index is 14.9. The van der Waals surface area contributed by atoms with Gasteiger partial charge in [0.1, 0.15) is 11.9 Å². The molecule has 3 aromatic rings. The molecule has 1 aliphatic carbocycles. The normalized spacial score (nSPS) is 15.3. The third-order valence-corrected chi connectivity index (χ3v) is 5.99. The highest BCUT2D eigenvalue weighted by Crippen LogP contribution is 2.32. The number of hydrogen-bond acceptors (Lipinski definition) is 5. The van der Waals surface area contributed by atoms with Gasteiger partial charge >= 0.3 is 0 Å². The van der Waals surface area contributed by atoms with Crippen LogP contribution in [0, 0.1) is 5.82 Å². The maximum atomic E-state index is 14.9. The van der Waals surface area contributed by atoms with E-state index in [-0.39, 0.29) is 23.3 Å². The monoisotopic (exact) mass is 438 g/mol. The van der Waals surface area contributed by atoms with Gasteiger partial charge < -0.3 is 5.32 Å². The van der Waals surface area contributed by atoms with Crippen LogP contribution in [0.25, 0.3) is 0 Å². The van der Waals surface area contributed by atoms with Crippen LogP contribution in [0.3, 0.4) is 0 Å². The van der Waals surface area contributed by atoms with Crippen molar-refractivity contribution in [2.24, 2.45) is 0 Å². The molecule has 1 heterocycles. The Hall–Kier alpha value is -3.13. The van der Waals surface area contributed by atoms with Crippen LogP contribution in [-0.2, 0) is 4.79 Å². The van der Waals surface area contributed by atoms with Crippen LogP contribution in [0.2, 0.25) is 0 Å². The number of benzene rings is 2. The Morgan fingerprint density at radius 2 is 1.74 bits per heavy atom. The zero-order valence-corrected chi connectivity index (χ0v) is 17.7. The van der Waals surface area contributed by atoms with Crippen molar-refractivity contribution in [2.45, 2.75) is 44.2 Å². The summed E-state index contributed by atoms with van der Waals surface area (Å²) < 4.78 is 18.6. The van der Waals surface area contributed by atoms with E-state index in [1.165, 1.54) is 22.4 Å². The van der Waals surface area contributed by atoms with Crippen molar-refractivity contribution < 1.29 is 14.0 Å². The Morgan fingerprint density at radius 1 is 1.03 bits per heavy atom. The molecule has 1 aliphatic rings. The van der Waals surface area contributed by atoms with E-state index in [9.17, 15) is 14.0 Å². The van der Waals surface area contributed by atoms with Gasteiger partial charge in [-0.15, -0.1) is 5.10 Å². The standard InChI is InChI=1S/C23H23FN4O2S/c24-18-13-7-8-14-20(18)28(23(30)19-15-31-27-26-19)21(16-9-3-1-4-10-16)22(29)25-17-11-5-2-6-12-17/h1,3-4,7-10,13-15,17,21H,2,5-6,11-12H2,(H,25,29)/t21-/m1/s1. The van der Waals surface area contributed by atoms with Crippen LogP contribution in [0.15, 0.2) is 60.0 Å². The second-order valence-electron chi connectivity index (χ2n) is 7.57. The van der Waals surface area contributed by atoms with Crippen LogP contribution in [0.5, 0.6) is 0 Å². The Bertz CT molecular complexity index is 1020. The molecule has 0 aliphatic heterocycles. The van der Waals surface area contributed by atoms with Crippen LogP contribution in [0.4, 0.5) is 10.1 Å². The van der Waals surface area contributed by atoms with Gasteiger partial charge in [-0.05, 0) is 42.1 Å². The van der Waals surface area contributed by atoms with E-state index in [1.54, 1.807) is 36.4 Å². The summed E-state index contributed by atoms with van der Waals surface area (Å²) in [5, 5.41) is 8.46. The van der Waals surface area contributed by atoms with Gasteiger partial charge in [0.15, 0.2) is 5.69 Å². The molecule has 2 aromatic carbocycles. The Kier molecular flexibility index (Phi) is 6.66. The lowest BCUT2D eigenvalue weighted by Crippen LogP contribution is -2.47. The molecule has 2 amide bonds. The predicted molar refractivity (Wildman–Crippen MR) is 117 cm³/mol. The van der Waals surface area contributed by atoms with Gasteiger partial charge in [-0.3, -0.25) is 14.5 Å². The number of halogens is 1. The molecule has 1 N–H and O–H groups in total. The maximum Gasteiger partial charge on any atom is 0.280 e. The number of carbonyl (C=O) groups is 2. The summed E-state index contributed by atoms with van der Waals surface area (Å²) in [5.74, 6) is -1.50. The number of nitrogens with one attached hydrogen (secondary N) is 1. The zero-order valence-electron chi connectivity index (χ0n) is 16.9. The highest BCUT2D eigenvalue weighted by Gasteiger charge is 2.36. The summed E-state index contributed by atoms with van der Waals surface area (Å²) in [7, 11) is 0. The second kappa shape index (κ2) is 9.78. The molecule has 160 valence electrons. The molecule has 31 heavy (non-hydrogen) atoms. The molecule has 0 bridgehead atoms. The van der Waals surface area contributed by atoms with E-state index < -0.39 is 17.8 Å². The topological polar surface area (TPSA) is 75.2 Å². The molecular formula is C23H23FN4O2S. The quantitative estimate of drug-likeness (QED) is 0.614. The molecule has 1 fully saturated rings. The number of hydrogen-bond donors (Lipinski definition) is 1. The number of aromatic nitrogens is 2. The number of amides is 2. The number of nitrogens with zero attached hydrogens (tertiary/aromatic N) is 3. The molecule has 1 atom stereocenters. The Labute approximate surface area is 184 Å². The van der Waals surface area contributed by atoms with Gasteiger partial charge in [0.2, 0.25) is 5.91 Å². The van der Waals surface area contributed by atoms with Crippen molar-refractivity contribution in [1.29, 1.82) is 0 Å². The molecule has 1 aromatic heterocycles. The lowest BCUT2D eigenvalue weighted by molar-refractivity contribution is -0.123. The minimum atomic E-state index is -1.05. The van der Waals surface area contributed by atoms with Crippen LogP contribution < -0.4 is 10.2 Å². The minimum absolute atomic E-state index is 0.0214. The fraction of sp³-hybridized carbons (Fsp3) is 0.304. The fourth-order valence-electron chi connectivity index (χ4n) is 3.97. The van der Waals surface area contributed by atoms with Crippen molar-refractivity contribution >= 4 is 29.0 Å². The van der Waals surface area contributed by atoms with Crippen molar-refractivity contribution in [3.05, 3.63) is 77.1 Å². The smallest absolute Gasteiger partial charge is 0.280 e. The predicted octanol–water partition coefficient (Wildman–Crippen LogP) is 4.51. The van der Waals surface area contributed by atoms with E-state index >= 15 is 0 Å². The zero-order chi connectivity index (χ0) is 21.6. The van der Waals surface area contributed by atoms with Gasteiger partial charge in [-0.25, -0.2) is 4.39 Å². The van der Waals surface area contributed by atoms with E-state index in [4.69, 9.17) is 0 Å². The van der Waals surface area contributed by atoms with Crippen molar-refractivity contribution in [3.63, 3.8) is 0 Å². The highest BCUT2D eigenvalue weighted by molar-refractivity contribution is 7.03. The van der Waals surface area contributed by atoms with Crippen LogP contribution in [-0.4, -0.2) is 27.4 Å². The summed E-state index contributed by atoms with van der Waals surface area (Å²) in [5.41, 5.74) is 0.684. The molecule has 4 rings (SSSR count). The highest BCUT2D eigenvalue weighted by atomic mass is 32.1. The largest absolute Gasteiger partial charge is 0.351 e. The van der Waals surface area contributed by atoms with E-state index in [0.29, 0.717) is 5.56 Å². The summed E-state index contributed by atoms with van der Waals surface area (Å²) in [6.07, 6.45) is 5.07. The van der Waals surface area contributed by atoms with Crippen molar-refractivity contribution in [1.82, 2.24) is 14.9 Å². The van der Waals surface area contributed by atoms with Gasteiger partial charge in [0.05, 0.1) is 5.69 Å². The second-order valence-corrected chi connectivity index (χ2v) is 8.18. The Morgan fingerprint density at radius 3 is 2.42 bits per heavy atom. The first-order valence-corrected chi connectivity index (χ1v) is 11.2. The third kappa shape index (κ3) is 4.80. The van der Waals surface area contributed by atoms with Gasteiger partial charge in [-0.2, -0.15) is 0 Å². The lowest BCUT2D eigenvalue weighted by atomic mass is 9.94. The van der Waals surface area contributed by atoms with Gasteiger partial charge in [-0.1, -0.05) is 66.2 Å². The molecule has 6 nitrogen and oxygen atoms in total. The molecule has 0 unspecified atom stereocenters. The van der Waals surface area contributed by atoms with Gasteiger partial charge in [0, 0.05) is 11.4 Å². The van der Waals surface area contributed by atoms with E-state index in [2.05, 4.69) is 14.9 Å². The minimum Gasteiger partial charge on any atom is -0.351 e. The number of carbonyl (C=O) groups excluding carboxylic acids is 2. The van der Waals surface area contributed by atoms with Crippen LogP contribution in [0.1, 0.15) is 54.2 Å². The summed E-state index contributed by atoms with van der Waals surface area (Å²) >= 11 is 1.03. The van der Waals surface area contributed by atoms with E-state index in [1.807, 2.05) is 6.07 Å². The molecule has 1 saturated carbocycles. The summed E-state index contributed by atoms with van der Waals surface area (Å²) in [4.78, 5) is 28.2. The first-order valence-electron chi connectivity index (χ1n) is 10.4. The van der Waals surface area contributed by atoms with E-state index in [0.717, 1.165) is 43.6 Å². The summed E-state index contributed by atoms with van der Waals surface area (Å²) in [6, 6.07) is 13.9.